The molecule has 3 aromatic heterocycles. The topological polar surface area (TPSA) is 108 Å². The van der Waals surface area contributed by atoms with Crippen LogP contribution in [0.25, 0.3) is 11.5 Å². The maximum atomic E-state index is 13.3. The number of aromatic nitrogens is 5. The third-order valence-electron chi connectivity index (χ3n) is 2.54. The lowest BCUT2D eigenvalue weighted by atomic mass is 10.3. The molecule has 7 nitrogen and oxygen atoms in total. The Morgan fingerprint density at radius 2 is 1.68 bits per heavy atom. The summed E-state index contributed by atoms with van der Waals surface area (Å²) in [4.78, 5) is 21.3. The van der Waals surface area contributed by atoms with Crippen molar-refractivity contribution in [3.8, 4) is 11.5 Å². The van der Waals surface area contributed by atoms with Crippen LogP contribution < -0.4 is 0 Å². The predicted molar refractivity (Wildman–Crippen MR) is 93.5 cm³/mol. The Morgan fingerprint density at radius 3 is 2.16 bits per heavy atom. The van der Waals surface area contributed by atoms with E-state index in [1.54, 1.807) is 0 Å². The van der Waals surface area contributed by atoms with E-state index in [1.165, 1.54) is 18.5 Å². The van der Waals surface area contributed by atoms with Gasteiger partial charge in [-0.2, -0.15) is 4.98 Å². The number of halogens is 4. The Balaban J connectivity index is 0.000000186. The van der Waals surface area contributed by atoms with E-state index in [0.717, 1.165) is 6.07 Å². The highest BCUT2D eigenvalue weighted by Gasteiger charge is 2.11. The van der Waals surface area contributed by atoms with Crippen LogP contribution in [0.4, 0.5) is 8.78 Å². The number of hydrogen-bond acceptors (Lipinski definition) is 5. The van der Waals surface area contributed by atoms with Gasteiger partial charge in [0.2, 0.25) is 4.77 Å². The maximum absolute atomic E-state index is 13.3. The Labute approximate surface area is 160 Å². The Bertz CT molecular complexity index is 979. The van der Waals surface area contributed by atoms with Crippen molar-refractivity contribution in [3.63, 3.8) is 0 Å². The smallest absolute Gasteiger partial charge is 0.357 e. The number of rotatable bonds is 2. The fourth-order valence-corrected chi connectivity index (χ4v) is 2.29. The van der Waals surface area contributed by atoms with E-state index in [9.17, 15) is 13.6 Å². The molecule has 25 heavy (non-hydrogen) atoms. The van der Waals surface area contributed by atoms with Crippen LogP contribution in [0.1, 0.15) is 10.5 Å². The molecule has 0 spiro atoms. The fourth-order valence-electron chi connectivity index (χ4n) is 1.54. The van der Waals surface area contributed by atoms with Gasteiger partial charge in [0.25, 0.3) is 0 Å². The molecule has 3 N–H and O–H groups in total. The van der Waals surface area contributed by atoms with Crippen LogP contribution in [0.15, 0.2) is 33.5 Å². The predicted octanol–water partition coefficient (Wildman–Crippen LogP) is 4.11. The zero-order valence-corrected chi connectivity index (χ0v) is 15.9. The van der Waals surface area contributed by atoms with E-state index in [-0.39, 0.29) is 10.5 Å². The minimum Gasteiger partial charge on any atom is -0.476 e. The molecule has 0 bridgehead atoms. The van der Waals surface area contributed by atoms with Crippen molar-refractivity contribution in [1.29, 1.82) is 0 Å². The van der Waals surface area contributed by atoms with Gasteiger partial charge in [0, 0.05) is 21.3 Å². The van der Waals surface area contributed by atoms with Crippen molar-refractivity contribution < 1.29 is 18.7 Å². The van der Waals surface area contributed by atoms with Crippen molar-refractivity contribution in [1.82, 2.24) is 25.1 Å². The largest absolute Gasteiger partial charge is 0.476 e. The van der Waals surface area contributed by atoms with Crippen LogP contribution in [0.2, 0.25) is 0 Å². The minimum absolute atomic E-state index is 0.139. The summed E-state index contributed by atoms with van der Waals surface area (Å²) >= 11 is 10.8. The number of carboxylic acid groups (broad SMARTS) is 1. The number of pyridine rings is 2. The second-order valence-corrected chi connectivity index (χ2v) is 6.51. The van der Waals surface area contributed by atoms with E-state index < -0.39 is 23.3 Å². The third-order valence-corrected chi connectivity index (χ3v) is 3.60. The van der Waals surface area contributed by atoms with Crippen LogP contribution in [0, 0.1) is 16.4 Å². The molecule has 0 saturated heterocycles. The van der Waals surface area contributed by atoms with Gasteiger partial charge in [-0.1, -0.05) is 0 Å². The van der Waals surface area contributed by atoms with Gasteiger partial charge in [-0.3, -0.25) is 10.2 Å². The minimum atomic E-state index is -1.37. The molecule has 3 aromatic rings. The molecule has 0 fully saturated rings. The molecular formula is C13H7Br2F2N5O2S. The number of carbonyl (C=O) groups is 1. The molecule has 0 aromatic carbocycles. The average molecular weight is 495 g/mol. The number of carboxylic acids is 1. The van der Waals surface area contributed by atoms with Gasteiger partial charge in [-0.15, -0.1) is 0 Å². The lowest BCUT2D eigenvalue weighted by Crippen LogP contribution is -2.03. The number of hydrogen-bond donors (Lipinski definition) is 3. The summed E-state index contributed by atoms with van der Waals surface area (Å²) in [6.45, 7) is 0. The van der Waals surface area contributed by atoms with Gasteiger partial charge in [-0.25, -0.2) is 23.5 Å². The summed E-state index contributed by atoms with van der Waals surface area (Å²) in [6.07, 6.45) is 2.72. The summed E-state index contributed by atoms with van der Waals surface area (Å²) in [5.41, 5.74) is -0.422. The first-order valence-electron chi connectivity index (χ1n) is 6.28. The number of aromatic carboxylic acids is 1. The van der Waals surface area contributed by atoms with Gasteiger partial charge < -0.3 is 5.11 Å². The molecule has 3 rings (SSSR count). The molecule has 0 radical (unpaired) electrons. The lowest BCUT2D eigenvalue weighted by Gasteiger charge is -1.97. The van der Waals surface area contributed by atoms with Gasteiger partial charge in [0.05, 0.1) is 0 Å². The summed E-state index contributed by atoms with van der Waals surface area (Å²) < 4.78 is 27.2. The van der Waals surface area contributed by atoms with E-state index >= 15 is 0 Å². The molecule has 0 aliphatic rings. The second kappa shape index (κ2) is 8.36. The van der Waals surface area contributed by atoms with Gasteiger partial charge >= 0.3 is 5.97 Å². The number of nitrogens with one attached hydrogen (secondary N) is 2. The Kier molecular flexibility index (Phi) is 6.45. The van der Waals surface area contributed by atoms with E-state index in [1.807, 2.05) is 0 Å². The maximum Gasteiger partial charge on any atom is 0.357 e. The van der Waals surface area contributed by atoms with Gasteiger partial charge in [0.1, 0.15) is 5.69 Å². The fraction of sp³-hybridized carbons (Fsp3) is 0. The zero-order chi connectivity index (χ0) is 18.6. The molecular weight excluding hydrogens is 488 g/mol. The normalized spacial score (nSPS) is 10.1. The van der Waals surface area contributed by atoms with Crippen molar-refractivity contribution in [2.45, 2.75) is 0 Å². The highest BCUT2D eigenvalue weighted by molar-refractivity contribution is 9.10. The van der Waals surface area contributed by atoms with Crippen LogP contribution in [-0.2, 0) is 0 Å². The van der Waals surface area contributed by atoms with Crippen molar-refractivity contribution in [2.75, 3.05) is 0 Å². The summed E-state index contributed by atoms with van der Waals surface area (Å²) in [6, 6.07) is 2.37. The summed E-state index contributed by atoms with van der Waals surface area (Å²) in [7, 11) is 0. The van der Waals surface area contributed by atoms with E-state index in [4.69, 9.17) is 17.3 Å². The molecule has 3 heterocycles. The van der Waals surface area contributed by atoms with Crippen molar-refractivity contribution >= 4 is 50.0 Å². The van der Waals surface area contributed by atoms with Gasteiger partial charge in [-0.05, 0) is 56.2 Å². The van der Waals surface area contributed by atoms with E-state index in [2.05, 4.69) is 57.0 Å². The molecule has 0 amide bonds. The number of nitrogens with zero attached hydrogens (tertiary/aromatic N) is 3. The zero-order valence-electron chi connectivity index (χ0n) is 11.9. The molecule has 0 aliphatic heterocycles. The molecule has 12 heteroatoms. The van der Waals surface area contributed by atoms with Crippen LogP contribution in [-0.4, -0.2) is 36.2 Å². The monoisotopic (exact) mass is 493 g/mol. The third kappa shape index (κ3) is 5.21. The number of aromatic amines is 2. The highest BCUT2D eigenvalue weighted by atomic mass is 79.9. The Morgan fingerprint density at radius 1 is 1.08 bits per heavy atom. The summed E-state index contributed by atoms with van der Waals surface area (Å²) in [5.74, 6) is -2.38. The van der Waals surface area contributed by atoms with Gasteiger partial charge in [0.15, 0.2) is 23.2 Å². The molecule has 0 atom stereocenters. The van der Waals surface area contributed by atoms with Crippen LogP contribution in [0.3, 0.4) is 0 Å². The quantitative estimate of drug-likeness (QED) is 0.463. The average Bonchev–Trinajstić information content (AvgIpc) is 2.93. The highest BCUT2D eigenvalue weighted by Crippen LogP contribution is 2.19. The number of H-pyrrole nitrogens is 2. The first-order chi connectivity index (χ1) is 11.8. The second-order valence-electron chi connectivity index (χ2n) is 4.29. The van der Waals surface area contributed by atoms with Crippen LogP contribution in [0.5, 0.6) is 0 Å². The standard InChI is InChI=1S/C7H4BrFN4S.C6H3BrFNO2/c8-3-1-4(9)5(10-2-3)6-11-7(14)13-12-6;7-3-1-4(8)5(6(10)11)9-2-3/h1-2H,(H2,11,12,13,14);1-2H,(H,10,11). The molecule has 130 valence electrons. The Hall–Kier alpha value is -2.05. The molecule has 0 unspecified atom stereocenters. The van der Waals surface area contributed by atoms with E-state index in [0.29, 0.717) is 14.8 Å². The van der Waals surface area contributed by atoms with Crippen molar-refractivity contribution in [2.24, 2.45) is 0 Å². The summed E-state index contributed by atoms with van der Waals surface area (Å²) in [5, 5.41) is 13.5. The molecule has 0 aliphatic carbocycles. The first kappa shape index (κ1) is 19.3. The van der Waals surface area contributed by atoms with Crippen molar-refractivity contribution in [3.05, 3.63) is 55.6 Å². The first-order valence-corrected chi connectivity index (χ1v) is 8.27. The van der Waals surface area contributed by atoms with Crippen LogP contribution >= 0.6 is 44.1 Å². The molecule has 0 saturated carbocycles. The lowest BCUT2D eigenvalue weighted by molar-refractivity contribution is 0.0685. The SMILES string of the molecule is Fc1cc(Br)cnc1-c1nc(=S)[nH][nH]1.O=C(O)c1ncc(Br)cc1F.